The lowest BCUT2D eigenvalue weighted by molar-refractivity contribution is -0.111. The van der Waals surface area contributed by atoms with E-state index in [0.29, 0.717) is 23.7 Å². The molecule has 2 heterocycles. The molecule has 1 N–H and O–H groups in total. The molecule has 31 heavy (non-hydrogen) atoms. The lowest BCUT2D eigenvalue weighted by Crippen LogP contribution is -2.08. The molecule has 4 aromatic rings. The lowest BCUT2D eigenvalue weighted by atomic mass is 10.1. The van der Waals surface area contributed by atoms with Crippen molar-refractivity contribution in [2.75, 3.05) is 5.32 Å². The fourth-order valence-corrected chi connectivity index (χ4v) is 3.34. The number of aromatic nitrogens is 3. The van der Waals surface area contributed by atoms with Crippen molar-refractivity contribution in [3.05, 3.63) is 95.0 Å². The molecular weight excluding hydrogens is 388 g/mol. The van der Waals surface area contributed by atoms with Crippen LogP contribution in [0.4, 0.5) is 5.69 Å². The van der Waals surface area contributed by atoms with Crippen molar-refractivity contribution in [2.45, 2.75) is 27.3 Å². The molecule has 0 saturated heterocycles. The lowest BCUT2D eigenvalue weighted by Gasteiger charge is -2.02. The largest absolute Gasteiger partial charge is 0.359 e. The van der Waals surface area contributed by atoms with E-state index in [-0.39, 0.29) is 5.91 Å². The Morgan fingerprint density at radius 1 is 1.06 bits per heavy atom. The second kappa shape index (κ2) is 8.83. The molecule has 6 heteroatoms. The zero-order valence-corrected chi connectivity index (χ0v) is 17.8. The third kappa shape index (κ3) is 4.80. The molecule has 4 rings (SSSR count). The van der Waals surface area contributed by atoms with Crippen LogP contribution in [0, 0.1) is 20.8 Å². The summed E-state index contributed by atoms with van der Waals surface area (Å²) in [6, 6.07) is 18.4. The van der Waals surface area contributed by atoms with Gasteiger partial charge in [0.15, 0.2) is 5.76 Å². The van der Waals surface area contributed by atoms with Gasteiger partial charge in [0.25, 0.3) is 0 Å². The van der Waals surface area contributed by atoms with Gasteiger partial charge in [0.1, 0.15) is 11.4 Å². The number of aryl methyl sites for hydroxylation is 3. The number of rotatable bonds is 6. The average molecular weight is 412 g/mol. The van der Waals surface area contributed by atoms with Crippen LogP contribution in [-0.4, -0.2) is 20.8 Å². The van der Waals surface area contributed by atoms with Crippen LogP contribution in [0.2, 0.25) is 0 Å². The Morgan fingerprint density at radius 2 is 1.81 bits per heavy atom. The molecule has 2 aromatic carbocycles. The van der Waals surface area contributed by atoms with E-state index in [2.05, 4.69) is 41.7 Å². The summed E-state index contributed by atoms with van der Waals surface area (Å²) in [4.78, 5) is 12.5. The molecule has 0 spiro atoms. The first-order chi connectivity index (χ1) is 15.0. The zero-order chi connectivity index (χ0) is 21.8. The van der Waals surface area contributed by atoms with Gasteiger partial charge in [-0.3, -0.25) is 9.48 Å². The first-order valence-electron chi connectivity index (χ1n) is 10.1. The second-order valence-electron chi connectivity index (χ2n) is 7.50. The van der Waals surface area contributed by atoms with Crippen molar-refractivity contribution >= 4 is 17.7 Å². The van der Waals surface area contributed by atoms with Crippen LogP contribution in [-0.2, 0) is 11.3 Å². The van der Waals surface area contributed by atoms with E-state index in [1.54, 1.807) is 19.9 Å². The van der Waals surface area contributed by atoms with E-state index in [0.717, 1.165) is 22.4 Å². The van der Waals surface area contributed by atoms with Crippen molar-refractivity contribution in [3.8, 4) is 11.3 Å². The minimum atomic E-state index is -0.250. The van der Waals surface area contributed by atoms with Gasteiger partial charge in [-0.2, -0.15) is 5.10 Å². The van der Waals surface area contributed by atoms with Crippen LogP contribution >= 0.6 is 0 Å². The van der Waals surface area contributed by atoms with E-state index < -0.39 is 0 Å². The highest BCUT2D eigenvalue weighted by molar-refractivity contribution is 6.02. The highest BCUT2D eigenvalue weighted by atomic mass is 16.5. The summed E-state index contributed by atoms with van der Waals surface area (Å²) in [5, 5.41) is 11.5. The van der Waals surface area contributed by atoms with Crippen molar-refractivity contribution in [2.24, 2.45) is 0 Å². The van der Waals surface area contributed by atoms with E-state index in [1.807, 2.05) is 41.2 Å². The van der Waals surface area contributed by atoms with Gasteiger partial charge >= 0.3 is 0 Å². The van der Waals surface area contributed by atoms with Gasteiger partial charge < -0.3 is 9.84 Å². The van der Waals surface area contributed by atoms with Crippen LogP contribution in [0.5, 0.6) is 0 Å². The summed E-state index contributed by atoms with van der Waals surface area (Å²) in [5.41, 5.74) is 6.30. The maximum absolute atomic E-state index is 12.5. The molecular formula is C25H24N4O2. The predicted octanol–water partition coefficient (Wildman–Crippen LogP) is 5.16. The summed E-state index contributed by atoms with van der Waals surface area (Å²) in [6.07, 6.45) is 5.26. The van der Waals surface area contributed by atoms with Gasteiger partial charge in [0, 0.05) is 23.4 Å². The number of carbonyl (C=O) groups is 1. The van der Waals surface area contributed by atoms with Crippen LogP contribution in [0.15, 0.2) is 71.4 Å². The Hall–Kier alpha value is -3.93. The molecule has 0 aliphatic rings. The normalized spacial score (nSPS) is 11.2. The number of anilines is 1. The highest BCUT2D eigenvalue weighted by Crippen LogP contribution is 2.25. The van der Waals surface area contributed by atoms with Gasteiger partial charge in [-0.25, -0.2) is 0 Å². The number of carbonyl (C=O) groups excluding carboxylic acids is 1. The highest BCUT2D eigenvalue weighted by Gasteiger charge is 2.13. The van der Waals surface area contributed by atoms with E-state index in [4.69, 9.17) is 9.62 Å². The Labute approximate surface area is 181 Å². The van der Waals surface area contributed by atoms with Gasteiger partial charge in [-0.15, -0.1) is 0 Å². The SMILES string of the molecule is Cc1ccc(-c2nn(Cc3ccccc3)cc2/C=C/C(=O)Nc2c(C)noc2C)cc1. The maximum Gasteiger partial charge on any atom is 0.248 e. The summed E-state index contributed by atoms with van der Waals surface area (Å²) in [5.74, 6) is 0.329. The number of nitrogens with zero attached hydrogens (tertiary/aromatic N) is 3. The molecule has 1 amide bonds. The number of hydrogen-bond acceptors (Lipinski definition) is 4. The minimum Gasteiger partial charge on any atom is -0.359 e. The second-order valence-corrected chi connectivity index (χ2v) is 7.50. The molecule has 0 bridgehead atoms. The molecule has 0 aliphatic carbocycles. The number of hydrogen-bond donors (Lipinski definition) is 1. The summed E-state index contributed by atoms with van der Waals surface area (Å²) in [7, 11) is 0. The number of benzene rings is 2. The molecule has 0 unspecified atom stereocenters. The van der Waals surface area contributed by atoms with Crippen LogP contribution in [0.1, 0.15) is 28.1 Å². The summed E-state index contributed by atoms with van der Waals surface area (Å²) >= 11 is 0. The first-order valence-corrected chi connectivity index (χ1v) is 10.1. The molecule has 2 aromatic heterocycles. The maximum atomic E-state index is 12.5. The quantitative estimate of drug-likeness (QED) is 0.444. The molecule has 0 atom stereocenters. The summed E-state index contributed by atoms with van der Waals surface area (Å²) < 4.78 is 7.00. The van der Waals surface area contributed by atoms with Crippen LogP contribution in [0.3, 0.4) is 0 Å². The molecule has 0 radical (unpaired) electrons. The third-order valence-electron chi connectivity index (χ3n) is 5.00. The van der Waals surface area contributed by atoms with Crippen molar-refractivity contribution in [1.29, 1.82) is 0 Å². The molecule has 0 fully saturated rings. The molecule has 156 valence electrons. The van der Waals surface area contributed by atoms with Gasteiger partial charge in [-0.05, 0) is 32.4 Å². The van der Waals surface area contributed by atoms with Crippen molar-refractivity contribution < 1.29 is 9.32 Å². The molecule has 6 nitrogen and oxygen atoms in total. The fourth-order valence-electron chi connectivity index (χ4n) is 3.34. The topological polar surface area (TPSA) is 73.0 Å². The smallest absolute Gasteiger partial charge is 0.248 e. The molecule has 0 saturated carbocycles. The first kappa shape index (κ1) is 20.3. The average Bonchev–Trinajstić information content (AvgIpc) is 3.31. The number of nitrogens with one attached hydrogen (secondary N) is 1. The van der Waals surface area contributed by atoms with E-state index in [9.17, 15) is 4.79 Å². The Balaban J connectivity index is 1.62. The van der Waals surface area contributed by atoms with Gasteiger partial charge in [-0.1, -0.05) is 65.3 Å². The zero-order valence-electron chi connectivity index (χ0n) is 17.8. The predicted molar refractivity (Wildman–Crippen MR) is 122 cm³/mol. The van der Waals surface area contributed by atoms with Gasteiger partial charge in [0.05, 0.1) is 12.2 Å². The third-order valence-corrected chi connectivity index (χ3v) is 5.00. The molecule has 0 aliphatic heterocycles. The Kier molecular flexibility index (Phi) is 5.80. The van der Waals surface area contributed by atoms with E-state index >= 15 is 0 Å². The van der Waals surface area contributed by atoms with E-state index in [1.165, 1.54) is 11.6 Å². The van der Waals surface area contributed by atoms with Crippen molar-refractivity contribution in [3.63, 3.8) is 0 Å². The fraction of sp³-hybridized carbons (Fsp3) is 0.160. The Morgan fingerprint density at radius 3 is 2.48 bits per heavy atom. The number of amides is 1. The standard InChI is InChI=1S/C25H24N4O2/c1-17-9-11-21(12-10-17)25-22(16-29(27-25)15-20-7-5-4-6-8-20)13-14-23(30)26-24-18(2)28-31-19(24)3/h4-14,16H,15H2,1-3H3,(H,26,30)/b14-13+. The van der Waals surface area contributed by atoms with Crippen LogP contribution < -0.4 is 5.32 Å². The van der Waals surface area contributed by atoms with Gasteiger partial charge in [0.2, 0.25) is 5.91 Å². The minimum absolute atomic E-state index is 0.250. The summed E-state index contributed by atoms with van der Waals surface area (Å²) in [6.45, 7) is 6.26. The monoisotopic (exact) mass is 412 g/mol. The Bertz CT molecular complexity index is 1200. The van der Waals surface area contributed by atoms with Crippen molar-refractivity contribution in [1.82, 2.24) is 14.9 Å². The van der Waals surface area contributed by atoms with Crippen LogP contribution in [0.25, 0.3) is 17.3 Å².